The molecule has 25 heavy (non-hydrogen) atoms. The van der Waals surface area contributed by atoms with Gasteiger partial charge in [-0.3, -0.25) is 0 Å². The van der Waals surface area contributed by atoms with Crippen molar-refractivity contribution in [3.05, 3.63) is 35.4 Å². The molecule has 2 aliphatic rings. The van der Waals surface area contributed by atoms with Crippen LogP contribution in [0.25, 0.3) is 0 Å². The number of fused-ring (bicyclic) bond motifs is 1. The summed E-state index contributed by atoms with van der Waals surface area (Å²) in [7, 11) is 0. The monoisotopic (exact) mass is 346 g/mol. The van der Waals surface area contributed by atoms with E-state index in [0.717, 1.165) is 45.3 Å². The van der Waals surface area contributed by atoms with Crippen LogP contribution < -0.4 is 10.6 Å². The molecule has 1 aromatic rings. The molecule has 2 amide bonds. The van der Waals surface area contributed by atoms with E-state index in [4.69, 9.17) is 9.47 Å². The lowest BCUT2D eigenvalue weighted by Gasteiger charge is -2.25. The van der Waals surface area contributed by atoms with Gasteiger partial charge in [-0.1, -0.05) is 24.3 Å². The summed E-state index contributed by atoms with van der Waals surface area (Å²) in [6.45, 7) is 3.66. The van der Waals surface area contributed by atoms with Crippen LogP contribution in [0.2, 0.25) is 0 Å². The van der Waals surface area contributed by atoms with Gasteiger partial charge < -0.3 is 20.1 Å². The molecule has 0 bridgehead atoms. The van der Waals surface area contributed by atoms with Crippen LogP contribution in [0.3, 0.4) is 0 Å². The third-order valence-electron chi connectivity index (χ3n) is 5.13. The van der Waals surface area contributed by atoms with Crippen LogP contribution in [0.4, 0.5) is 4.79 Å². The van der Waals surface area contributed by atoms with Gasteiger partial charge >= 0.3 is 6.03 Å². The minimum absolute atomic E-state index is 0.0749. The fourth-order valence-electron chi connectivity index (χ4n) is 3.71. The number of urea groups is 1. The van der Waals surface area contributed by atoms with Crippen LogP contribution in [-0.2, 0) is 15.9 Å². The molecule has 138 valence electrons. The number of carbonyl (C=O) groups is 1. The molecule has 0 unspecified atom stereocenters. The van der Waals surface area contributed by atoms with E-state index in [1.807, 2.05) is 0 Å². The topological polar surface area (TPSA) is 59.6 Å². The zero-order valence-corrected chi connectivity index (χ0v) is 15.0. The van der Waals surface area contributed by atoms with E-state index in [0.29, 0.717) is 31.7 Å². The number of nitrogens with one attached hydrogen (secondary N) is 2. The summed E-state index contributed by atoms with van der Waals surface area (Å²) >= 11 is 0. The van der Waals surface area contributed by atoms with Gasteiger partial charge in [0.2, 0.25) is 0 Å². The zero-order valence-electron chi connectivity index (χ0n) is 15.0. The third-order valence-corrected chi connectivity index (χ3v) is 5.13. The molecule has 5 nitrogen and oxygen atoms in total. The molecular weight excluding hydrogens is 316 g/mol. The first-order valence-electron chi connectivity index (χ1n) is 9.62. The molecule has 2 N–H and O–H groups in total. The number of benzene rings is 1. The van der Waals surface area contributed by atoms with Crippen molar-refractivity contribution < 1.29 is 14.3 Å². The van der Waals surface area contributed by atoms with Gasteiger partial charge in [0, 0.05) is 38.8 Å². The van der Waals surface area contributed by atoms with Gasteiger partial charge in [0.1, 0.15) is 0 Å². The zero-order chi connectivity index (χ0) is 17.3. The van der Waals surface area contributed by atoms with Crippen molar-refractivity contribution in [2.75, 3.05) is 32.9 Å². The van der Waals surface area contributed by atoms with Gasteiger partial charge in [0.15, 0.2) is 0 Å². The lowest BCUT2D eigenvalue weighted by molar-refractivity contribution is -0.0320. The summed E-state index contributed by atoms with van der Waals surface area (Å²) < 4.78 is 11.1. The minimum atomic E-state index is -0.0749. The van der Waals surface area contributed by atoms with E-state index in [1.165, 1.54) is 17.5 Å². The Hall–Kier alpha value is -1.59. The fourth-order valence-corrected chi connectivity index (χ4v) is 3.71. The van der Waals surface area contributed by atoms with Crippen LogP contribution in [0.5, 0.6) is 0 Å². The summed E-state index contributed by atoms with van der Waals surface area (Å²) in [5.74, 6) is 0.438. The largest absolute Gasteiger partial charge is 0.381 e. The molecular formula is C20H30N2O3. The Morgan fingerprint density at radius 1 is 1.16 bits per heavy atom. The molecule has 1 atom stereocenters. The van der Waals surface area contributed by atoms with Crippen LogP contribution in [-0.4, -0.2) is 45.0 Å². The minimum Gasteiger partial charge on any atom is -0.381 e. The average Bonchev–Trinajstić information content (AvgIpc) is 2.67. The number of carbonyl (C=O) groups excluding carboxylic acids is 1. The predicted molar refractivity (Wildman–Crippen MR) is 97.9 cm³/mol. The molecule has 1 saturated heterocycles. The predicted octanol–water partition coefficient (Wildman–Crippen LogP) is 2.99. The van der Waals surface area contributed by atoms with E-state index >= 15 is 0 Å². The SMILES string of the molecule is O=C(NCCCOC1CCOCC1)NC[C@H]1CCCc2ccccc21. The smallest absolute Gasteiger partial charge is 0.314 e. The number of rotatable bonds is 7. The Kier molecular flexibility index (Phi) is 7.12. The van der Waals surface area contributed by atoms with E-state index in [9.17, 15) is 4.79 Å². The van der Waals surface area contributed by atoms with Gasteiger partial charge in [0.25, 0.3) is 0 Å². The maximum Gasteiger partial charge on any atom is 0.314 e. The Morgan fingerprint density at radius 3 is 2.88 bits per heavy atom. The second-order valence-corrected chi connectivity index (χ2v) is 6.96. The van der Waals surface area contributed by atoms with Crippen molar-refractivity contribution >= 4 is 6.03 Å². The summed E-state index contributed by atoms with van der Waals surface area (Å²) in [4.78, 5) is 12.0. The Labute approximate surface area is 150 Å². The van der Waals surface area contributed by atoms with Gasteiger partial charge in [-0.2, -0.15) is 0 Å². The van der Waals surface area contributed by atoms with Crippen molar-refractivity contribution in [2.24, 2.45) is 0 Å². The summed E-state index contributed by atoms with van der Waals surface area (Å²) in [6.07, 6.45) is 6.65. The van der Waals surface area contributed by atoms with Gasteiger partial charge in [0.05, 0.1) is 6.10 Å². The van der Waals surface area contributed by atoms with E-state index in [-0.39, 0.29) is 6.03 Å². The average molecular weight is 346 g/mol. The van der Waals surface area contributed by atoms with E-state index in [2.05, 4.69) is 34.9 Å². The van der Waals surface area contributed by atoms with Gasteiger partial charge in [-0.15, -0.1) is 0 Å². The first-order valence-corrected chi connectivity index (χ1v) is 9.62. The van der Waals surface area contributed by atoms with Gasteiger partial charge in [-0.05, 0) is 49.7 Å². The summed E-state index contributed by atoms with van der Waals surface area (Å²) in [6, 6.07) is 8.53. The highest BCUT2D eigenvalue weighted by atomic mass is 16.5. The Balaban J connectivity index is 1.28. The van der Waals surface area contributed by atoms with Crippen LogP contribution >= 0.6 is 0 Å². The van der Waals surface area contributed by atoms with Gasteiger partial charge in [-0.25, -0.2) is 4.79 Å². The number of hydrogen-bond donors (Lipinski definition) is 2. The summed E-state index contributed by atoms with van der Waals surface area (Å²) in [5.41, 5.74) is 2.84. The molecule has 0 spiro atoms. The third kappa shape index (κ3) is 5.72. The number of hydrogen-bond acceptors (Lipinski definition) is 3. The lowest BCUT2D eigenvalue weighted by Crippen LogP contribution is -2.39. The van der Waals surface area contributed by atoms with Crippen LogP contribution in [0, 0.1) is 0 Å². The first kappa shape index (κ1) is 18.2. The van der Waals surface area contributed by atoms with Crippen molar-refractivity contribution in [3.8, 4) is 0 Å². The highest BCUT2D eigenvalue weighted by Gasteiger charge is 2.20. The Morgan fingerprint density at radius 2 is 2.00 bits per heavy atom. The standard InChI is InChI=1S/C20H30N2O3/c23-20(21-11-4-12-25-18-9-13-24-14-10-18)22-15-17-7-3-6-16-5-1-2-8-19(16)17/h1-2,5,8,17-18H,3-4,6-7,9-15H2,(H2,21,22,23)/t17-/m1/s1. The molecule has 1 heterocycles. The van der Waals surface area contributed by atoms with Crippen molar-refractivity contribution in [3.63, 3.8) is 0 Å². The van der Waals surface area contributed by atoms with Crippen molar-refractivity contribution in [1.82, 2.24) is 10.6 Å². The molecule has 3 rings (SSSR count). The first-order chi connectivity index (χ1) is 12.3. The second kappa shape index (κ2) is 9.78. The molecule has 0 saturated carbocycles. The molecule has 1 aliphatic carbocycles. The Bertz CT molecular complexity index is 543. The van der Waals surface area contributed by atoms with Crippen LogP contribution in [0.1, 0.15) is 49.1 Å². The number of aryl methyl sites for hydroxylation is 1. The summed E-state index contributed by atoms with van der Waals surface area (Å²) in [5, 5.41) is 5.96. The molecule has 1 aromatic carbocycles. The number of ether oxygens (including phenoxy) is 2. The highest BCUT2D eigenvalue weighted by Crippen LogP contribution is 2.30. The fraction of sp³-hybridized carbons (Fsp3) is 0.650. The quantitative estimate of drug-likeness (QED) is 0.746. The van der Waals surface area contributed by atoms with E-state index in [1.54, 1.807) is 0 Å². The normalized spacial score (nSPS) is 20.7. The lowest BCUT2D eigenvalue weighted by atomic mass is 9.83. The number of amides is 2. The van der Waals surface area contributed by atoms with Crippen molar-refractivity contribution in [2.45, 2.75) is 50.5 Å². The maximum absolute atomic E-state index is 12.0. The van der Waals surface area contributed by atoms with Crippen molar-refractivity contribution in [1.29, 1.82) is 0 Å². The highest BCUT2D eigenvalue weighted by molar-refractivity contribution is 5.73. The van der Waals surface area contributed by atoms with E-state index < -0.39 is 0 Å². The molecule has 0 radical (unpaired) electrons. The molecule has 0 aromatic heterocycles. The van der Waals surface area contributed by atoms with Crippen LogP contribution in [0.15, 0.2) is 24.3 Å². The second-order valence-electron chi connectivity index (χ2n) is 6.96. The molecule has 5 heteroatoms. The molecule has 1 aliphatic heterocycles. The maximum atomic E-state index is 12.0. The molecule has 1 fully saturated rings.